The Morgan fingerprint density at radius 3 is 2.86 bits per heavy atom. The molecule has 2 aromatic heterocycles. The maximum atomic E-state index is 11.7. The minimum atomic E-state index is -0.545. The van der Waals surface area contributed by atoms with Crippen LogP contribution >= 0.6 is 0 Å². The fraction of sp³-hybridized carbons (Fsp3) is 0.357. The molecule has 0 radical (unpaired) electrons. The molecule has 7 nitrogen and oxygen atoms in total. The van der Waals surface area contributed by atoms with Gasteiger partial charge >= 0.3 is 5.97 Å². The van der Waals surface area contributed by atoms with Gasteiger partial charge in [-0.1, -0.05) is 0 Å². The van der Waals surface area contributed by atoms with Gasteiger partial charge in [0.05, 0.1) is 42.7 Å². The highest BCUT2D eigenvalue weighted by molar-refractivity contribution is 5.92. The molecule has 0 fully saturated rings. The number of ether oxygens (including phenoxy) is 2. The van der Waals surface area contributed by atoms with E-state index < -0.39 is 5.97 Å². The second-order valence-corrected chi connectivity index (χ2v) is 4.64. The third kappa shape index (κ3) is 3.50. The average molecular weight is 290 g/mol. The van der Waals surface area contributed by atoms with Gasteiger partial charge in [0.1, 0.15) is 5.75 Å². The summed E-state index contributed by atoms with van der Waals surface area (Å²) in [4.78, 5) is 15.8. The molecule has 21 heavy (non-hydrogen) atoms. The zero-order valence-corrected chi connectivity index (χ0v) is 12.2. The topological polar surface area (TPSA) is 92.3 Å². The number of nitrogen functional groups attached to an aromatic ring is 1. The van der Waals surface area contributed by atoms with E-state index in [1.54, 1.807) is 31.6 Å². The van der Waals surface area contributed by atoms with E-state index in [0.29, 0.717) is 11.4 Å². The summed E-state index contributed by atoms with van der Waals surface area (Å²) in [5, 5.41) is 4.14. The number of carbonyl (C=O) groups excluding carboxylic acids is 1. The third-order valence-electron chi connectivity index (χ3n) is 2.55. The predicted molar refractivity (Wildman–Crippen MR) is 77.5 cm³/mol. The molecule has 0 unspecified atom stereocenters. The molecule has 0 bridgehead atoms. The fourth-order valence-corrected chi connectivity index (χ4v) is 1.75. The molecule has 0 aromatic carbocycles. The number of pyridine rings is 1. The Morgan fingerprint density at radius 2 is 2.19 bits per heavy atom. The smallest absolute Gasteiger partial charge is 0.361 e. The van der Waals surface area contributed by atoms with Gasteiger partial charge in [0.2, 0.25) is 0 Å². The van der Waals surface area contributed by atoms with Crippen molar-refractivity contribution >= 4 is 11.7 Å². The largest absolute Gasteiger partial charge is 0.489 e. The lowest BCUT2D eigenvalue weighted by molar-refractivity contribution is 0.0520. The lowest BCUT2D eigenvalue weighted by atomic mass is 10.4. The predicted octanol–water partition coefficient (Wildman–Crippen LogP) is 1.81. The van der Waals surface area contributed by atoms with Crippen molar-refractivity contribution in [2.45, 2.75) is 26.9 Å². The van der Waals surface area contributed by atoms with Gasteiger partial charge in [0.15, 0.2) is 5.69 Å². The zero-order chi connectivity index (χ0) is 15.4. The zero-order valence-electron chi connectivity index (χ0n) is 12.2. The molecule has 0 atom stereocenters. The standard InChI is InChI=1S/C14H18N4O3/c1-4-20-14(19)13-12(15)8-18(17-13)10-5-11(7-16-6-10)21-9(2)3/h5-9H,4,15H2,1-3H3. The number of anilines is 1. The van der Waals surface area contributed by atoms with E-state index in [4.69, 9.17) is 15.2 Å². The van der Waals surface area contributed by atoms with Gasteiger partial charge in [0.25, 0.3) is 0 Å². The van der Waals surface area contributed by atoms with E-state index >= 15 is 0 Å². The molecule has 0 spiro atoms. The van der Waals surface area contributed by atoms with Gasteiger partial charge in [-0.2, -0.15) is 5.10 Å². The molecule has 0 saturated carbocycles. The summed E-state index contributed by atoms with van der Waals surface area (Å²) in [6.07, 6.45) is 4.81. The van der Waals surface area contributed by atoms with E-state index in [-0.39, 0.29) is 24.1 Å². The number of hydrogen-bond acceptors (Lipinski definition) is 6. The molecular formula is C14H18N4O3. The molecule has 2 N–H and O–H groups in total. The van der Waals surface area contributed by atoms with Crippen LogP contribution < -0.4 is 10.5 Å². The fourth-order valence-electron chi connectivity index (χ4n) is 1.75. The van der Waals surface area contributed by atoms with E-state index in [2.05, 4.69) is 10.1 Å². The Hall–Kier alpha value is -2.57. The molecule has 0 saturated heterocycles. The van der Waals surface area contributed by atoms with Crippen molar-refractivity contribution in [3.05, 3.63) is 30.4 Å². The number of aromatic nitrogens is 3. The first-order valence-corrected chi connectivity index (χ1v) is 6.65. The SMILES string of the molecule is CCOC(=O)c1nn(-c2cncc(OC(C)C)c2)cc1N. The van der Waals surface area contributed by atoms with Gasteiger partial charge < -0.3 is 15.2 Å². The maximum Gasteiger partial charge on any atom is 0.361 e. The Bertz CT molecular complexity index is 637. The monoisotopic (exact) mass is 290 g/mol. The van der Waals surface area contributed by atoms with Crippen molar-refractivity contribution in [2.75, 3.05) is 12.3 Å². The minimum Gasteiger partial charge on any atom is -0.489 e. The highest BCUT2D eigenvalue weighted by Crippen LogP contribution is 2.19. The van der Waals surface area contributed by atoms with Crippen molar-refractivity contribution in [1.82, 2.24) is 14.8 Å². The van der Waals surface area contributed by atoms with Crippen LogP contribution in [0, 0.1) is 0 Å². The second-order valence-electron chi connectivity index (χ2n) is 4.64. The summed E-state index contributed by atoms with van der Waals surface area (Å²) in [7, 11) is 0. The minimum absolute atomic E-state index is 0.0415. The van der Waals surface area contributed by atoms with Crippen LogP contribution in [0.15, 0.2) is 24.7 Å². The second kappa shape index (κ2) is 6.25. The lowest BCUT2D eigenvalue weighted by Crippen LogP contribution is -2.09. The van der Waals surface area contributed by atoms with Crippen LogP contribution in [0.1, 0.15) is 31.3 Å². The van der Waals surface area contributed by atoms with Crippen LogP contribution in [-0.2, 0) is 4.74 Å². The molecule has 112 valence electrons. The number of carbonyl (C=O) groups is 1. The molecule has 2 heterocycles. The summed E-state index contributed by atoms with van der Waals surface area (Å²) in [5.41, 5.74) is 6.78. The van der Waals surface area contributed by atoms with Crippen LogP contribution in [0.25, 0.3) is 5.69 Å². The Balaban J connectivity index is 2.30. The highest BCUT2D eigenvalue weighted by atomic mass is 16.5. The summed E-state index contributed by atoms with van der Waals surface area (Å²) < 4.78 is 11.9. The molecule has 0 aliphatic heterocycles. The van der Waals surface area contributed by atoms with Crippen molar-refractivity contribution in [1.29, 1.82) is 0 Å². The summed E-state index contributed by atoms with van der Waals surface area (Å²) >= 11 is 0. The first-order valence-electron chi connectivity index (χ1n) is 6.65. The number of nitrogens with zero attached hydrogens (tertiary/aromatic N) is 3. The average Bonchev–Trinajstić information content (AvgIpc) is 2.81. The van der Waals surface area contributed by atoms with Gasteiger partial charge in [0, 0.05) is 6.07 Å². The van der Waals surface area contributed by atoms with Crippen molar-refractivity contribution < 1.29 is 14.3 Å². The van der Waals surface area contributed by atoms with Crippen LogP contribution in [0.4, 0.5) is 5.69 Å². The Morgan fingerprint density at radius 1 is 1.43 bits per heavy atom. The van der Waals surface area contributed by atoms with Gasteiger partial charge in [-0.05, 0) is 20.8 Å². The van der Waals surface area contributed by atoms with Crippen molar-refractivity contribution in [2.24, 2.45) is 0 Å². The molecule has 7 heteroatoms. The molecule has 2 rings (SSSR count). The van der Waals surface area contributed by atoms with Crippen LogP contribution in [0.2, 0.25) is 0 Å². The van der Waals surface area contributed by atoms with Crippen LogP contribution in [-0.4, -0.2) is 33.4 Å². The lowest BCUT2D eigenvalue weighted by Gasteiger charge is -2.10. The normalized spacial score (nSPS) is 10.7. The van der Waals surface area contributed by atoms with Crippen LogP contribution in [0.3, 0.4) is 0 Å². The summed E-state index contributed by atoms with van der Waals surface area (Å²) in [5.74, 6) is 0.0746. The number of nitrogens with two attached hydrogens (primary N) is 1. The molecule has 0 aliphatic carbocycles. The van der Waals surface area contributed by atoms with E-state index in [1.807, 2.05) is 13.8 Å². The van der Waals surface area contributed by atoms with Crippen molar-refractivity contribution in [3.8, 4) is 11.4 Å². The Kier molecular flexibility index (Phi) is 4.42. The van der Waals surface area contributed by atoms with Gasteiger partial charge in [-0.3, -0.25) is 4.98 Å². The van der Waals surface area contributed by atoms with E-state index in [1.165, 1.54) is 4.68 Å². The number of hydrogen-bond donors (Lipinski definition) is 1. The first-order chi connectivity index (χ1) is 10.0. The van der Waals surface area contributed by atoms with Crippen LogP contribution in [0.5, 0.6) is 5.75 Å². The van der Waals surface area contributed by atoms with Gasteiger partial charge in [-0.25, -0.2) is 9.48 Å². The van der Waals surface area contributed by atoms with Crippen molar-refractivity contribution in [3.63, 3.8) is 0 Å². The van der Waals surface area contributed by atoms with E-state index in [0.717, 1.165) is 0 Å². The maximum absolute atomic E-state index is 11.7. The first kappa shape index (κ1) is 14.8. The quantitative estimate of drug-likeness (QED) is 0.844. The molecular weight excluding hydrogens is 272 g/mol. The third-order valence-corrected chi connectivity index (χ3v) is 2.55. The Labute approximate surface area is 122 Å². The molecule has 0 aliphatic rings. The summed E-state index contributed by atoms with van der Waals surface area (Å²) in [6, 6.07) is 1.77. The van der Waals surface area contributed by atoms with Gasteiger partial charge in [-0.15, -0.1) is 0 Å². The number of rotatable bonds is 5. The van der Waals surface area contributed by atoms with E-state index in [9.17, 15) is 4.79 Å². The summed E-state index contributed by atoms with van der Waals surface area (Å²) in [6.45, 7) is 5.85. The number of esters is 1. The molecule has 0 amide bonds. The molecule has 2 aromatic rings. The highest BCUT2D eigenvalue weighted by Gasteiger charge is 2.16.